The van der Waals surface area contributed by atoms with Gasteiger partial charge in [0.15, 0.2) is 5.75 Å². The lowest BCUT2D eigenvalue weighted by Crippen LogP contribution is -2.55. The number of phenolic OH excluding ortho intramolecular Hbond substituents is 1. The van der Waals surface area contributed by atoms with Gasteiger partial charge in [0, 0.05) is 11.9 Å². The number of hydrogen-bond acceptors (Lipinski definition) is 12. The summed E-state index contributed by atoms with van der Waals surface area (Å²) in [6.45, 7) is 0.00887. The van der Waals surface area contributed by atoms with Gasteiger partial charge in [-0.2, -0.15) is 0 Å². The number of aliphatic hydroxyl groups is 4. The third-order valence-corrected chi connectivity index (χ3v) is 11.8. The molecule has 1 amide bonds. The number of hydrogen-bond donors (Lipinski definition) is 8. The summed E-state index contributed by atoms with van der Waals surface area (Å²) in [6.07, 6.45) is -5.53. The molecule has 6 atom stereocenters. The molecule has 0 radical (unpaired) electrons. The molecule has 0 spiro atoms. The van der Waals surface area contributed by atoms with Crippen molar-refractivity contribution in [3.05, 3.63) is 89.9 Å². The van der Waals surface area contributed by atoms with Crippen LogP contribution in [0, 0.1) is 14.3 Å². The van der Waals surface area contributed by atoms with Gasteiger partial charge < -0.3 is 55.2 Å². The van der Waals surface area contributed by atoms with Crippen LogP contribution in [-0.4, -0.2) is 92.7 Å². The van der Waals surface area contributed by atoms with Gasteiger partial charge in [0.25, 0.3) is 5.91 Å². The summed E-state index contributed by atoms with van der Waals surface area (Å²) < 4.78 is 20.0. The summed E-state index contributed by atoms with van der Waals surface area (Å²) in [5.74, 6) is -0.228. The van der Waals surface area contributed by atoms with Gasteiger partial charge in [-0.1, -0.05) is 12.1 Å². The Morgan fingerprint density at radius 1 is 0.868 bits per heavy atom. The fourth-order valence-corrected chi connectivity index (χ4v) is 9.52. The minimum atomic E-state index is -1.57. The quantitative estimate of drug-likeness (QED) is 0.0508. The predicted octanol–water partition coefficient (Wildman–Crippen LogP) is 4.02. The molecule has 1 aliphatic rings. The number of halogens is 4. The van der Waals surface area contributed by atoms with Crippen molar-refractivity contribution < 1.29 is 54.1 Å². The largest absolute Gasteiger partial charge is 0.506 e. The number of carbonyl (C=O) groups excluding carboxylic acids is 1. The number of amides is 1. The first-order valence-corrected chi connectivity index (χ1v) is 20.5. The van der Waals surface area contributed by atoms with Crippen LogP contribution in [0.3, 0.4) is 0 Å². The predicted molar refractivity (Wildman–Crippen MR) is 225 cm³/mol. The van der Waals surface area contributed by atoms with E-state index in [-0.39, 0.29) is 29.9 Å². The lowest BCUT2D eigenvalue weighted by atomic mass is 9.91. The van der Waals surface area contributed by atoms with Crippen molar-refractivity contribution in [2.24, 2.45) is 0 Å². The minimum Gasteiger partial charge on any atom is -0.506 e. The molecule has 18 heteroatoms. The molecular formula is C35H34I4N2O12. The zero-order chi connectivity index (χ0) is 38.6. The summed E-state index contributed by atoms with van der Waals surface area (Å²) in [6, 6.07) is 12.3. The summed E-state index contributed by atoms with van der Waals surface area (Å²) in [5, 5.41) is 66.2. The normalized spacial score (nSPS) is 20.6. The molecule has 53 heavy (non-hydrogen) atoms. The van der Waals surface area contributed by atoms with Gasteiger partial charge in [0.05, 0.1) is 20.9 Å². The van der Waals surface area contributed by atoms with E-state index < -0.39 is 60.7 Å². The van der Waals surface area contributed by atoms with Crippen LogP contribution in [0.1, 0.15) is 40.4 Å². The zero-order valence-corrected chi connectivity index (χ0v) is 36.1. The molecule has 0 aliphatic carbocycles. The number of fused-ring (bicyclic) bond motifs is 1. The highest BCUT2D eigenvalue weighted by Crippen LogP contribution is 2.37. The molecular weight excluding hydrogens is 1150 g/mol. The Kier molecular flexibility index (Phi) is 15.0. The van der Waals surface area contributed by atoms with Crippen molar-refractivity contribution in [1.82, 2.24) is 10.6 Å². The SMILES string of the molecule is O=C(NCCCCN[C@@H](Cc1cc(I)c(Oc2cc(I)c(O)c(I)c2)c(I)c1)C(=O)O)c1cc2ccc([C@@H]3O[C@H](CO)[C@H](O)[C@H](O)[C@H]3O)cc2oc1=O. The monoisotopic (exact) mass is 1180 g/mol. The first kappa shape index (κ1) is 42.2. The topological polar surface area (TPSA) is 228 Å². The Morgan fingerprint density at radius 3 is 2.17 bits per heavy atom. The molecule has 1 saturated heterocycles. The fraction of sp³-hybridized carbons (Fsp3) is 0.343. The molecule has 0 unspecified atom stereocenters. The highest BCUT2D eigenvalue weighted by atomic mass is 127. The van der Waals surface area contributed by atoms with E-state index in [2.05, 4.69) is 55.8 Å². The zero-order valence-electron chi connectivity index (χ0n) is 27.5. The summed E-state index contributed by atoms with van der Waals surface area (Å²) >= 11 is 8.38. The Morgan fingerprint density at radius 2 is 1.53 bits per heavy atom. The molecule has 0 saturated carbocycles. The van der Waals surface area contributed by atoms with E-state index in [1.54, 1.807) is 24.3 Å². The Labute approximate surface area is 357 Å². The van der Waals surface area contributed by atoms with Crippen LogP contribution in [0.2, 0.25) is 0 Å². The molecule has 14 nitrogen and oxygen atoms in total. The van der Waals surface area contributed by atoms with Crippen molar-refractivity contribution in [3.63, 3.8) is 0 Å². The highest BCUT2D eigenvalue weighted by Gasteiger charge is 2.44. The van der Waals surface area contributed by atoms with Crippen LogP contribution < -0.4 is 21.0 Å². The van der Waals surface area contributed by atoms with E-state index in [9.17, 15) is 45.0 Å². The molecule has 2 heterocycles. The van der Waals surface area contributed by atoms with Crippen LogP contribution in [0.25, 0.3) is 11.0 Å². The molecule has 4 aromatic rings. The Bertz CT molecular complexity index is 2000. The van der Waals surface area contributed by atoms with Crippen LogP contribution >= 0.6 is 90.4 Å². The van der Waals surface area contributed by atoms with E-state index in [0.717, 1.165) is 12.7 Å². The third kappa shape index (κ3) is 10.3. The molecule has 3 aromatic carbocycles. The van der Waals surface area contributed by atoms with Crippen LogP contribution in [-0.2, 0) is 16.0 Å². The standard InChI is InChI=1S/C35H34I4N2O12/c36-20-12-18(13-21(37)27(20)43)51-32-22(38)7-15(8-23(32)39)9-24(34(48)49)40-5-1-2-6-41-33(47)19-10-16-3-4-17(11-25(16)53-35(19)50)31-30(46)29(45)28(44)26(14-42)52-31/h3-4,7-8,10-13,24,26,28-31,40,42-46H,1-2,5-6,9,14H2,(H,41,47)(H,48,49)/t24-,26+,28-,29-,30+,31-/m0/s1. The van der Waals surface area contributed by atoms with Crippen LogP contribution in [0.5, 0.6) is 17.2 Å². The number of benzene rings is 3. The van der Waals surface area contributed by atoms with Crippen LogP contribution in [0.4, 0.5) is 0 Å². The summed E-state index contributed by atoms with van der Waals surface area (Å²) in [7, 11) is 0. The number of ether oxygens (including phenoxy) is 2. The number of rotatable bonds is 14. The second-order valence-corrected chi connectivity index (χ2v) is 16.9. The number of aromatic hydroxyl groups is 1. The second-order valence-electron chi connectivity index (χ2n) is 12.2. The molecule has 0 bridgehead atoms. The maximum atomic E-state index is 12.8. The third-order valence-electron chi connectivity index (χ3n) is 8.51. The van der Waals surface area contributed by atoms with Crippen molar-refractivity contribution in [2.45, 2.75) is 55.8 Å². The number of phenols is 1. The van der Waals surface area contributed by atoms with Gasteiger partial charge in [-0.15, -0.1) is 0 Å². The number of carbonyl (C=O) groups is 2. The van der Waals surface area contributed by atoms with Gasteiger partial charge in [0.1, 0.15) is 59.2 Å². The van der Waals surface area contributed by atoms with Gasteiger partial charge >= 0.3 is 11.6 Å². The lowest BCUT2D eigenvalue weighted by Gasteiger charge is -2.40. The average molecular weight is 1180 g/mol. The maximum absolute atomic E-state index is 12.8. The first-order valence-electron chi connectivity index (χ1n) is 16.1. The van der Waals surface area contributed by atoms with Crippen LogP contribution in [0.15, 0.2) is 57.7 Å². The summed E-state index contributed by atoms with van der Waals surface area (Å²) in [5.41, 5.74) is 0.147. The Balaban J connectivity index is 1.12. The van der Waals surface area contributed by atoms with Gasteiger partial charge in [-0.05, 0) is 164 Å². The van der Waals surface area contributed by atoms with E-state index in [4.69, 9.17) is 13.9 Å². The molecule has 1 aromatic heterocycles. The van der Waals surface area contributed by atoms with Gasteiger partial charge in [0.2, 0.25) is 0 Å². The van der Waals surface area contributed by atoms with Gasteiger partial charge in [-0.25, -0.2) is 4.79 Å². The second kappa shape index (κ2) is 18.8. The lowest BCUT2D eigenvalue weighted by molar-refractivity contribution is -0.231. The molecule has 8 N–H and O–H groups in total. The van der Waals surface area contributed by atoms with E-state index in [1.165, 1.54) is 12.1 Å². The fourth-order valence-electron chi connectivity index (χ4n) is 5.69. The number of aliphatic carboxylic acids is 1. The van der Waals surface area contributed by atoms with Crippen molar-refractivity contribution in [3.8, 4) is 17.2 Å². The van der Waals surface area contributed by atoms with Gasteiger partial charge in [-0.3, -0.25) is 9.59 Å². The van der Waals surface area contributed by atoms with E-state index in [1.807, 2.05) is 57.3 Å². The number of unbranched alkanes of at least 4 members (excludes halogenated alkanes) is 1. The van der Waals surface area contributed by atoms with Crippen molar-refractivity contribution in [2.75, 3.05) is 19.7 Å². The summed E-state index contributed by atoms with van der Waals surface area (Å²) in [4.78, 5) is 37.6. The molecule has 284 valence electrons. The van der Waals surface area contributed by atoms with E-state index in [0.29, 0.717) is 49.0 Å². The number of carboxylic acids is 1. The smallest absolute Gasteiger partial charge is 0.349 e. The number of nitrogens with one attached hydrogen (secondary N) is 2. The number of aliphatic hydroxyl groups excluding tert-OH is 4. The first-order chi connectivity index (χ1) is 25.2. The van der Waals surface area contributed by atoms with E-state index >= 15 is 0 Å². The molecule has 1 fully saturated rings. The number of carboxylic acid groups (broad SMARTS) is 1. The highest BCUT2D eigenvalue weighted by molar-refractivity contribution is 14.1. The van der Waals surface area contributed by atoms with Crippen molar-refractivity contribution >= 4 is 113 Å². The Hall–Kier alpha value is -1.91. The average Bonchev–Trinajstić information content (AvgIpc) is 3.11. The van der Waals surface area contributed by atoms with Crippen molar-refractivity contribution in [1.29, 1.82) is 0 Å². The molecule has 1 aliphatic heterocycles. The minimum absolute atomic E-state index is 0.104. The maximum Gasteiger partial charge on any atom is 0.349 e. The molecule has 5 rings (SSSR count).